The molecular formula is C24H12Br6F2O9S. The molecular weight excluding hydrogens is 982 g/mol. The van der Waals surface area contributed by atoms with Crippen molar-refractivity contribution >= 4 is 124 Å². The maximum absolute atomic E-state index is 14.0. The molecule has 0 heterocycles. The number of alkyl halides is 2. The van der Waals surface area contributed by atoms with Crippen LogP contribution in [0.25, 0.3) is 0 Å². The van der Waals surface area contributed by atoms with Gasteiger partial charge in [0.15, 0.2) is 17.6 Å². The second kappa shape index (κ2) is 13.8. The van der Waals surface area contributed by atoms with Crippen LogP contribution in [0.15, 0.2) is 69.3 Å². The fourth-order valence-electron chi connectivity index (χ4n) is 3.04. The van der Waals surface area contributed by atoms with Crippen LogP contribution in [0.3, 0.4) is 0 Å². The Balaban J connectivity index is 2.06. The number of esters is 3. The summed E-state index contributed by atoms with van der Waals surface area (Å²) in [5.41, 5.74) is -1.42. The lowest BCUT2D eigenvalue weighted by atomic mass is 10.1. The van der Waals surface area contributed by atoms with Crippen molar-refractivity contribution in [3.63, 3.8) is 0 Å². The molecule has 0 aliphatic rings. The number of carbonyl (C=O) groups excluding carboxylic acids is 3. The highest BCUT2D eigenvalue weighted by molar-refractivity contribution is 9.12. The molecule has 0 aliphatic carbocycles. The predicted molar refractivity (Wildman–Crippen MR) is 167 cm³/mol. The Labute approximate surface area is 287 Å². The fraction of sp³-hybridized carbons (Fsp3) is 0.125. The normalized spacial score (nSPS) is 12.4. The van der Waals surface area contributed by atoms with E-state index in [1.165, 1.54) is 0 Å². The van der Waals surface area contributed by atoms with Crippen molar-refractivity contribution in [1.29, 1.82) is 0 Å². The van der Waals surface area contributed by atoms with Gasteiger partial charge in [-0.15, -0.1) is 0 Å². The summed E-state index contributed by atoms with van der Waals surface area (Å²) in [6, 6.07) is 9.10. The summed E-state index contributed by atoms with van der Waals surface area (Å²) in [7, 11) is -5.95. The standard InChI is InChI=1S/C24H12Br6F2O9S/c1-9(24(31,32)42(36,37)38)39-21(33)10-2-11(22(34)40-19-15(27)5-13(25)6-16(19)28)4-12(3-10)23(35)41-20-17(29)7-14(26)8-18(20)30/h2-9H,1H3,(H,36,37,38). The lowest BCUT2D eigenvalue weighted by Crippen LogP contribution is -2.42. The number of carbonyl (C=O) groups is 3. The van der Waals surface area contributed by atoms with Gasteiger partial charge in [0, 0.05) is 8.95 Å². The summed E-state index contributed by atoms with van der Waals surface area (Å²) >= 11 is 19.6. The largest absolute Gasteiger partial charge is 0.451 e. The van der Waals surface area contributed by atoms with Crippen LogP contribution in [0.2, 0.25) is 0 Å². The Kier molecular flexibility index (Phi) is 11.6. The number of halogens is 8. The van der Waals surface area contributed by atoms with Crippen molar-refractivity contribution in [3.8, 4) is 11.5 Å². The predicted octanol–water partition coefficient (Wildman–Crippen LogP) is 8.73. The Bertz CT molecular complexity index is 1580. The molecule has 42 heavy (non-hydrogen) atoms. The Morgan fingerprint density at radius 3 is 1.31 bits per heavy atom. The van der Waals surface area contributed by atoms with Gasteiger partial charge in [0.2, 0.25) is 0 Å². The van der Waals surface area contributed by atoms with Crippen LogP contribution in [0.1, 0.15) is 38.0 Å². The molecule has 1 atom stereocenters. The molecule has 0 spiro atoms. The van der Waals surface area contributed by atoms with Crippen LogP contribution in [0.4, 0.5) is 8.78 Å². The molecule has 0 fully saturated rings. The monoisotopic (exact) mass is 988 g/mol. The summed E-state index contributed by atoms with van der Waals surface area (Å²) in [6.45, 7) is 0.532. The second-order valence-electron chi connectivity index (χ2n) is 8.06. The third-order valence-corrected chi connectivity index (χ3v) is 9.35. The molecule has 18 heteroatoms. The molecule has 0 bridgehead atoms. The highest BCUT2D eigenvalue weighted by Crippen LogP contribution is 2.38. The molecule has 1 unspecified atom stereocenters. The fourth-order valence-corrected chi connectivity index (χ4v) is 8.35. The molecule has 0 saturated heterocycles. The van der Waals surface area contributed by atoms with Crippen molar-refractivity contribution in [2.24, 2.45) is 0 Å². The van der Waals surface area contributed by atoms with Gasteiger partial charge in [-0.3, -0.25) is 4.55 Å². The van der Waals surface area contributed by atoms with Crippen LogP contribution < -0.4 is 9.47 Å². The number of benzene rings is 3. The van der Waals surface area contributed by atoms with Gasteiger partial charge >= 0.3 is 33.3 Å². The molecule has 224 valence electrons. The van der Waals surface area contributed by atoms with E-state index in [9.17, 15) is 31.6 Å². The molecule has 0 radical (unpaired) electrons. The minimum Gasteiger partial charge on any atom is -0.451 e. The van der Waals surface area contributed by atoms with E-state index < -0.39 is 56.1 Å². The number of rotatable bonds is 8. The van der Waals surface area contributed by atoms with Crippen LogP contribution in [0.5, 0.6) is 11.5 Å². The highest BCUT2D eigenvalue weighted by atomic mass is 79.9. The maximum Gasteiger partial charge on any atom is 0.405 e. The van der Waals surface area contributed by atoms with Gasteiger partial charge in [0.1, 0.15) is 0 Å². The Morgan fingerprint density at radius 2 is 1.00 bits per heavy atom. The summed E-state index contributed by atoms with van der Waals surface area (Å²) in [6.07, 6.45) is -2.66. The van der Waals surface area contributed by atoms with Gasteiger partial charge in [-0.1, -0.05) is 31.9 Å². The molecule has 0 amide bonds. The van der Waals surface area contributed by atoms with E-state index in [0.717, 1.165) is 18.2 Å². The Hall–Kier alpha value is -1.28. The van der Waals surface area contributed by atoms with E-state index in [2.05, 4.69) is 100 Å². The van der Waals surface area contributed by atoms with Crippen molar-refractivity contribution in [1.82, 2.24) is 0 Å². The van der Waals surface area contributed by atoms with Gasteiger partial charge in [0.05, 0.1) is 34.6 Å². The molecule has 3 aromatic carbocycles. The van der Waals surface area contributed by atoms with E-state index in [1.807, 2.05) is 0 Å². The SMILES string of the molecule is CC(OC(=O)c1cc(C(=O)Oc2c(Br)cc(Br)cc2Br)cc(C(=O)Oc2c(Br)cc(Br)cc2Br)c1)C(F)(F)S(=O)(=O)O. The zero-order valence-electron chi connectivity index (χ0n) is 20.3. The molecule has 9 nitrogen and oxygen atoms in total. The quantitative estimate of drug-likeness (QED) is 0.134. The van der Waals surface area contributed by atoms with Crippen molar-refractivity contribution in [2.45, 2.75) is 18.3 Å². The summed E-state index contributed by atoms with van der Waals surface area (Å²) in [4.78, 5) is 39.1. The average Bonchev–Trinajstić information content (AvgIpc) is 2.86. The summed E-state index contributed by atoms with van der Waals surface area (Å²) in [5.74, 6) is -3.64. The third-order valence-electron chi connectivity index (χ3n) is 5.06. The van der Waals surface area contributed by atoms with Crippen LogP contribution in [-0.2, 0) is 14.9 Å². The minimum atomic E-state index is -5.95. The van der Waals surface area contributed by atoms with Crippen LogP contribution in [0, 0.1) is 0 Å². The van der Waals surface area contributed by atoms with Gasteiger partial charge < -0.3 is 14.2 Å². The van der Waals surface area contributed by atoms with E-state index in [0.29, 0.717) is 33.8 Å². The van der Waals surface area contributed by atoms with Crippen molar-refractivity contribution in [2.75, 3.05) is 0 Å². The van der Waals surface area contributed by atoms with E-state index >= 15 is 0 Å². The van der Waals surface area contributed by atoms with Crippen molar-refractivity contribution < 1.29 is 50.3 Å². The lowest BCUT2D eigenvalue weighted by molar-refractivity contribution is -0.0549. The zero-order chi connectivity index (χ0) is 31.7. The van der Waals surface area contributed by atoms with Gasteiger partial charge in [0.25, 0.3) is 0 Å². The zero-order valence-corrected chi connectivity index (χ0v) is 30.6. The third kappa shape index (κ3) is 8.25. The molecule has 0 saturated carbocycles. The minimum absolute atomic E-state index is 0.0319. The van der Waals surface area contributed by atoms with E-state index in [-0.39, 0.29) is 11.5 Å². The van der Waals surface area contributed by atoms with Gasteiger partial charge in [-0.25, -0.2) is 14.4 Å². The molecule has 0 aromatic heterocycles. The average molecular weight is 994 g/mol. The molecule has 3 aromatic rings. The van der Waals surface area contributed by atoms with E-state index in [4.69, 9.17) is 14.0 Å². The Morgan fingerprint density at radius 1 is 0.690 bits per heavy atom. The smallest absolute Gasteiger partial charge is 0.405 e. The molecule has 3 rings (SSSR count). The maximum atomic E-state index is 14.0. The number of hydrogen-bond acceptors (Lipinski definition) is 8. The first-order chi connectivity index (χ1) is 19.3. The first-order valence-electron chi connectivity index (χ1n) is 10.8. The van der Waals surface area contributed by atoms with Crippen molar-refractivity contribution in [3.05, 3.63) is 86.0 Å². The number of ether oxygens (including phenoxy) is 3. The first-order valence-corrected chi connectivity index (χ1v) is 17.0. The van der Waals surface area contributed by atoms with Crippen LogP contribution in [-0.4, -0.2) is 42.2 Å². The second-order valence-corrected chi connectivity index (χ2v) is 14.8. The topological polar surface area (TPSA) is 133 Å². The van der Waals surface area contributed by atoms with Crippen LogP contribution >= 0.6 is 95.6 Å². The highest BCUT2D eigenvalue weighted by Gasteiger charge is 2.52. The number of hydrogen-bond donors (Lipinski definition) is 1. The molecule has 0 aliphatic heterocycles. The lowest BCUT2D eigenvalue weighted by Gasteiger charge is -2.21. The van der Waals surface area contributed by atoms with Gasteiger partial charge in [-0.05, 0) is 113 Å². The first kappa shape index (κ1) is 35.2. The summed E-state index contributed by atoms with van der Waals surface area (Å²) in [5, 5.41) is -4.86. The van der Waals surface area contributed by atoms with Gasteiger partial charge in [-0.2, -0.15) is 17.2 Å². The molecule has 1 N–H and O–H groups in total. The summed E-state index contributed by atoms with van der Waals surface area (Å²) < 4.78 is 77.1. The van der Waals surface area contributed by atoms with E-state index in [1.54, 1.807) is 24.3 Å².